The number of unbranched alkanes of at least 4 members (excludes halogenated alkanes) is 2. The molecule has 1 aliphatic heterocycles. The van der Waals surface area contributed by atoms with Crippen molar-refractivity contribution in [2.75, 3.05) is 26.2 Å². The lowest BCUT2D eigenvalue weighted by Gasteiger charge is -2.31. The zero-order valence-electron chi connectivity index (χ0n) is 11.3. The van der Waals surface area contributed by atoms with Gasteiger partial charge in [0.15, 0.2) is 0 Å². The van der Waals surface area contributed by atoms with Crippen LogP contribution in [-0.4, -0.2) is 42.9 Å². The molecule has 5 heteroatoms. The molecule has 3 N–H and O–H groups in total. The van der Waals surface area contributed by atoms with Crippen LogP contribution in [0.5, 0.6) is 0 Å². The predicted octanol–water partition coefficient (Wildman–Crippen LogP) is 0.490. The first-order valence-electron chi connectivity index (χ1n) is 6.88. The van der Waals surface area contributed by atoms with Crippen molar-refractivity contribution in [1.29, 1.82) is 0 Å². The summed E-state index contributed by atoms with van der Waals surface area (Å²) >= 11 is 0. The van der Waals surface area contributed by atoms with Crippen LogP contribution in [-0.2, 0) is 9.59 Å². The highest BCUT2D eigenvalue weighted by Gasteiger charge is 2.26. The van der Waals surface area contributed by atoms with Gasteiger partial charge in [0, 0.05) is 26.6 Å². The summed E-state index contributed by atoms with van der Waals surface area (Å²) in [5.74, 6) is 0.126. The van der Waals surface area contributed by atoms with E-state index >= 15 is 0 Å². The molecule has 1 heterocycles. The Kier molecular flexibility index (Phi) is 6.72. The van der Waals surface area contributed by atoms with E-state index in [4.69, 9.17) is 5.73 Å². The fraction of sp³-hybridized carbons (Fsp3) is 0.846. The molecule has 0 saturated carbocycles. The minimum atomic E-state index is -0.0304. The van der Waals surface area contributed by atoms with Crippen LogP contribution in [0.4, 0.5) is 0 Å². The fourth-order valence-corrected chi connectivity index (χ4v) is 2.28. The molecule has 0 spiro atoms. The zero-order valence-corrected chi connectivity index (χ0v) is 11.3. The Morgan fingerprint density at radius 3 is 2.78 bits per heavy atom. The van der Waals surface area contributed by atoms with Gasteiger partial charge in [0.25, 0.3) is 0 Å². The van der Waals surface area contributed by atoms with Crippen LogP contribution in [0.25, 0.3) is 0 Å². The van der Waals surface area contributed by atoms with Crippen LogP contribution in [0, 0.1) is 5.92 Å². The van der Waals surface area contributed by atoms with Crippen LogP contribution < -0.4 is 11.1 Å². The Morgan fingerprint density at radius 1 is 1.33 bits per heavy atom. The van der Waals surface area contributed by atoms with Crippen LogP contribution >= 0.6 is 0 Å². The second-order valence-electron chi connectivity index (χ2n) is 4.94. The summed E-state index contributed by atoms with van der Waals surface area (Å²) in [7, 11) is 0. The molecular formula is C13H25N3O2. The number of rotatable bonds is 6. The minimum absolute atomic E-state index is 0.0304. The van der Waals surface area contributed by atoms with Gasteiger partial charge in [-0.25, -0.2) is 0 Å². The van der Waals surface area contributed by atoms with E-state index in [1.807, 2.05) is 0 Å². The largest absolute Gasteiger partial charge is 0.356 e. The first-order valence-corrected chi connectivity index (χ1v) is 6.88. The summed E-state index contributed by atoms with van der Waals surface area (Å²) in [6.07, 6.45) is 4.85. The predicted molar refractivity (Wildman–Crippen MR) is 70.9 cm³/mol. The van der Waals surface area contributed by atoms with Crippen LogP contribution in [0.3, 0.4) is 0 Å². The first kappa shape index (κ1) is 15.0. The Hall–Kier alpha value is -1.10. The van der Waals surface area contributed by atoms with Gasteiger partial charge in [-0.05, 0) is 32.2 Å². The average molecular weight is 255 g/mol. The van der Waals surface area contributed by atoms with E-state index < -0.39 is 0 Å². The van der Waals surface area contributed by atoms with Gasteiger partial charge in [0.2, 0.25) is 11.8 Å². The summed E-state index contributed by atoms with van der Waals surface area (Å²) in [4.78, 5) is 25.0. The number of carbonyl (C=O) groups is 2. The van der Waals surface area contributed by atoms with Crippen molar-refractivity contribution in [3.63, 3.8) is 0 Å². The van der Waals surface area contributed by atoms with E-state index in [0.717, 1.165) is 45.2 Å². The SMILES string of the molecule is CC(=O)N1CCCC(C(=O)NCCCCCN)C1. The molecule has 0 radical (unpaired) electrons. The summed E-state index contributed by atoms with van der Waals surface area (Å²) in [6.45, 7) is 4.35. The van der Waals surface area contributed by atoms with E-state index in [1.54, 1.807) is 11.8 Å². The fourth-order valence-electron chi connectivity index (χ4n) is 2.28. The molecule has 1 aliphatic rings. The van der Waals surface area contributed by atoms with Gasteiger partial charge in [-0.1, -0.05) is 6.42 Å². The van der Waals surface area contributed by atoms with Gasteiger partial charge in [0.1, 0.15) is 0 Å². The Bertz CT molecular complexity index is 281. The molecule has 0 aromatic heterocycles. The number of likely N-dealkylation sites (tertiary alicyclic amines) is 1. The van der Waals surface area contributed by atoms with Crippen LogP contribution in [0.2, 0.25) is 0 Å². The van der Waals surface area contributed by atoms with E-state index in [2.05, 4.69) is 5.32 Å². The number of hydrogen-bond acceptors (Lipinski definition) is 3. The number of hydrogen-bond donors (Lipinski definition) is 2. The third kappa shape index (κ3) is 5.04. The van der Waals surface area contributed by atoms with E-state index in [1.165, 1.54) is 0 Å². The molecule has 0 bridgehead atoms. The molecule has 18 heavy (non-hydrogen) atoms. The van der Waals surface area contributed by atoms with Gasteiger partial charge in [0.05, 0.1) is 5.92 Å². The highest BCUT2D eigenvalue weighted by molar-refractivity contribution is 5.80. The molecule has 1 rings (SSSR count). The van der Waals surface area contributed by atoms with Crippen molar-refractivity contribution in [3.8, 4) is 0 Å². The van der Waals surface area contributed by atoms with Crippen molar-refractivity contribution in [1.82, 2.24) is 10.2 Å². The molecular weight excluding hydrogens is 230 g/mol. The normalized spacial score (nSPS) is 19.7. The smallest absolute Gasteiger partial charge is 0.224 e. The second kappa shape index (κ2) is 8.08. The van der Waals surface area contributed by atoms with Crippen molar-refractivity contribution in [2.45, 2.75) is 39.0 Å². The lowest BCUT2D eigenvalue weighted by molar-refractivity contribution is -0.133. The Balaban J connectivity index is 2.22. The third-order valence-corrected chi connectivity index (χ3v) is 3.42. The number of nitrogens with one attached hydrogen (secondary N) is 1. The van der Waals surface area contributed by atoms with Crippen LogP contribution in [0.15, 0.2) is 0 Å². The van der Waals surface area contributed by atoms with E-state index in [9.17, 15) is 9.59 Å². The molecule has 1 fully saturated rings. The highest BCUT2D eigenvalue weighted by Crippen LogP contribution is 2.16. The molecule has 1 saturated heterocycles. The number of nitrogens with two attached hydrogens (primary N) is 1. The van der Waals surface area contributed by atoms with Crippen molar-refractivity contribution < 1.29 is 9.59 Å². The molecule has 104 valence electrons. The lowest BCUT2D eigenvalue weighted by atomic mass is 9.97. The van der Waals surface area contributed by atoms with Gasteiger partial charge in [-0.3, -0.25) is 9.59 Å². The Labute approximate surface area is 109 Å². The molecule has 2 amide bonds. The maximum Gasteiger partial charge on any atom is 0.224 e. The number of piperidine rings is 1. The topological polar surface area (TPSA) is 75.4 Å². The lowest BCUT2D eigenvalue weighted by Crippen LogP contribution is -2.44. The summed E-state index contributed by atoms with van der Waals surface area (Å²) in [5.41, 5.74) is 5.41. The highest BCUT2D eigenvalue weighted by atomic mass is 16.2. The maximum absolute atomic E-state index is 11.9. The molecule has 0 aromatic carbocycles. The standard InChI is InChI=1S/C13H25N3O2/c1-11(17)16-9-5-6-12(10-16)13(18)15-8-4-2-3-7-14/h12H,2-10,14H2,1H3,(H,15,18). The monoisotopic (exact) mass is 255 g/mol. The van der Waals surface area contributed by atoms with Gasteiger partial charge >= 0.3 is 0 Å². The third-order valence-electron chi connectivity index (χ3n) is 3.42. The van der Waals surface area contributed by atoms with Crippen LogP contribution in [0.1, 0.15) is 39.0 Å². The number of amides is 2. The van der Waals surface area contributed by atoms with Crippen molar-refractivity contribution in [3.05, 3.63) is 0 Å². The number of carbonyl (C=O) groups excluding carboxylic acids is 2. The Morgan fingerprint density at radius 2 is 2.11 bits per heavy atom. The summed E-state index contributed by atoms with van der Waals surface area (Å²) < 4.78 is 0. The molecule has 0 aromatic rings. The summed E-state index contributed by atoms with van der Waals surface area (Å²) in [5, 5.41) is 2.95. The molecule has 5 nitrogen and oxygen atoms in total. The molecule has 0 aliphatic carbocycles. The quantitative estimate of drug-likeness (QED) is 0.678. The number of nitrogens with zero attached hydrogens (tertiary/aromatic N) is 1. The van der Waals surface area contributed by atoms with E-state index in [0.29, 0.717) is 13.1 Å². The summed E-state index contributed by atoms with van der Waals surface area (Å²) in [6, 6.07) is 0. The zero-order chi connectivity index (χ0) is 13.4. The second-order valence-corrected chi connectivity index (χ2v) is 4.94. The van der Waals surface area contributed by atoms with Crippen molar-refractivity contribution in [2.24, 2.45) is 11.7 Å². The molecule has 1 atom stereocenters. The van der Waals surface area contributed by atoms with Crippen molar-refractivity contribution >= 4 is 11.8 Å². The molecule has 1 unspecified atom stereocenters. The van der Waals surface area contributed by atoms with Gasteiger partial charge in [-0.2, -0.15) is 0 Å². The average Bonchev–Trinajstić information content (AvgIpc) is 2.38. The minimum Gasteiger partial charge on any atom is -0.356 e. The first-order chi connectivity index (χ1) is 8.65. The van der Waals surface area contributed by atoms with Gasteiger partial charge in [-0.15, -0.1) is 0 Å². The van der Waals surface area contributed by atoms with Gasteiger partial charge < -0.3 is 16.0 Å². The maximum atomic E-state index is 11.9. The van der Waals surface area contributed by atoms with E-state index in [-0.39, 0.29) is 17.7 Å².